The molecule has 0 atom stereocenters. The van der Waals surface area contributed by atoms with Crippen LogP contribution in [0.4, 0.5) is 14.5 Å². The molecule has 0 spiro atoms. The van der Waals surface area contributed by atoms with Crippen molar-refractivity contribution in [3.63, 3.8) is 0 Å². The summed E-state index contributed by atoms with van der Waals surface area (Å²) in [5.74, 6) is -0.502. The Kier molecular flexibility index (Phi) is 4.22. The molecule has 0 aliphatic heterocycles. The molecule has 0 aromatic heterocycles. The lowest BCUT2D eigenvalue weighted by atomic mass is 10.2. The summed E-state index contributed by atoms with van der Waals surface area (Å²) >= 11 is 5.83. The van der Waals surface area contributed by atoms with Crippen LogP contribution in [0.1, 0.15) is 5.56 Å². The molecule has 0 amide bonds. The number of halogens is 3. The van der Waals surface area contributed by atoms with Crippen LogP contribution in [0.5, 0.6) is 5.75 Å². The first-order chi connectivity index (χ1) is 9.11. The number of rotatable bonds is 4. The van der Waals surface area contributed by atoms with Crippen molar-refractivity contribution in [3.05, 3.63) is 58.6 Å². The molecule has 0 radical (unpaired) electrons. The first-order valence-electron chi connectivity index (χ1n) is 5.65. The number of nitrogens with one attached hydrogen (secondary N) is 1. The van der Waals surface area contributed by atoms with Crippen molar-refractivity contribution in [2.75, 3.05) is 12.4 Å². The molecule has 5 heteroatoms. The molecule has 19 heavy (non-hydrogen) atoms. The Morgan fingerprint density at radius 2 is 2.00 bits per heavy atom. The maximum Gasteiger partial charge on any atom is 0.138 e. The second kappa shape index (κ2) is 5.89. The third-order valence-electron chi connectivity index (χ3n) is 2.65. The Morgan fingerprint density at radius 1 is 1.21 bits per heavy atom. The second-order valence-electron chi connectivity index (χ2n) is 3.88. The molecule has 0 unspecified atom stereocenters. The summed E-state index contributed by atoms with van der Waals surface area (Å²) in [6.45, 7) is 0.00813. The molecule has 0 fully saturated rings. The van der Waals surface area contributed by atoms with Crippen LogP contribution in [0, 0.1) is 11.6 Å². The molecule has 2 aromatic rings. The van der Waals surface area contributed by atoms with Crippen LogP contribution in [-0.2, 0) is 6.61 Å². The fraction of sp³-hybridized carbons (Fsp3) is 0.143. The van der Waals surface area contributed by atoms with Gasteiger partial charge in [-0.05, 0) is 30.3 Å². The first-order valence-corrected chi connectivity index (χ1v) is 6.02. The van der Waals surface area contributed by atoms with Crippen molar-refractivity contribution in [1.82, 2.24) is 0 Å². The van der Waals surface area contributed by atoms with Gasteiger partial charge in [0.15, 0.2) is 0 Å². The van der Waals surface area contributed by atoms with Crippen LogP contribution in [0.2, 0.25) is 5.02 Å². The molecule has 2 nitrogen and oxygen atoms in total. The largest absolute Gasteiger partial charge is 0.487 e. The van der Waals surface area contributed by atoms with Crippen LogP contribution >= 0.6 is 11.6 Å². The van der Waals surface area contributed by atoms with E-state index in [1.54, 1.807) is 19.2 Å². The maximum atomic E-state index is 13.7. The van der Waals surface area contributed by atoms with E-state index in [9.17, 15) is 8.78 Å². The molecule has 0 heterocycles. The predicted octanol–water partition coefficient (Wildman–Crippen LogP) is 4.24. The lowest BCUT2D eigenvalue weighted by Crippen LogP contribution is -2.03. The van der Waals surface area contributed by atoms with Gasteiger partial charge in [-0.15, -0.1) is 0 Å². The molecule has 0 aliphatic rings. The Morgan fingerprint density at radius 3 is 2.68 bits per heavy atom. The quantitative estimate of drug-likeness (QED) is 0.906. The van der Waals surface area contributed by atoms with E-state index >= 15 is 0 Å². The predicted molar refractivity (Wildman–Crippen MR) is 71.7 cm³/mol. The Balaban J connectivity index is 2.19. The van der Waals surface area contributed by atoms with E-state index in [0.29, 0.717) is 17.0 Å². The lowest BCUT2D eigenvalue weighted by molar-refractivity contribution is 0.300. The van der Waals surface area contributed by atoms with Gasteiger partial charge in [-0.3, -0.25) is 0 Å². The Labute approximate surface area is 115 Å². The van der Waals surface area contributed by atoms with Crippen LogP contribution < -0.4 is 10.1 Å². The van der Waals surface area contributed by atoms with E-state index in [2.05, 4.69) is 5.32 Å². The SMILES string of the molecule is CNc1cccc(F)c1COc1ccc(F)cc1Cl. The van der Waals surface area contributed by atoms with Crippen LogP contribution in [0.15, 0.2) is 36.4 Å². The monoisotopic (exact) mass is 283 g/mol. The average Bonchev–Trinajstić information content (AvgIpc) is 2.39. The van der Waals surface area contributed by atoms with E-state index in [0.717, 1.165) is 6.07 Å². The van der Waals surface area contributed by atoms with E-state index in [-0.39, 0.29) is 17.4 Å². The van der Waals surface area contributed by atoms with Gasteiger partial charge >= 0.3 is 0 Å². The molecule has 0 saturated heterocycles. The van der Waals surface area contributed by atoms with Crippen LogP contribution in [0.3, 0.4) is 0 Å². The van der Waals surface area contributed by atoms with E-state index < -0.39 is 5.82 Å². The summed E-state index contributed by atoms with van der Waals surface area (Å²) in [7, 11) is 1.70. The Bertz CT molecular complexity index is 590. The van der Waals surface area contributed by atoms with Gasteiger partial charge in [-0.2, -0.15) is 0 Å². The number of ether oxygens (including phenoxy) is 1. The van der Waals surface area contributed by atoms with Crippen molar-refractivity contribution < 1.29 is 13.5 Å². The van der Waals surface area contributed by atoms with Crippen molar-refractivity contribution in [2.45, 2.75) is 6.61 Å². The summed E-state index contributed by atoms with van der Waals surface area (Å²) in [4.78, 5) is 0. The number of benzene rings is 2. The third kappa shape index (κ3) is 3.15. The summed E-state index contributed by atoms with van der Waals surface area (Å²) < 4.78 is 32.0. The standard InChI is InChI=1S/C14H12ClF2NO/c1-18-13-4-2-3-12(17)10(13)8-19-14-6-5-9(16)7-11(14)15/h2-7,18H,8H2,1H3. The van der Waals surface area contributed by atoms with Crippen molar-refractivity contribution in [2.24, 2.45) is 0 Å². The van der Waals surface area contributed by atoms with Crippen molar-refractivity contribution in [1.29, 1.82) is 0 Å². The smallest absolute Gasteiger partial charge is 0.138 e. The first kappa shape index (κ1) is 13.6. The zero-order chi connectivity index (χ0) is 13.8. The highest BCUT2D eigenvalue weighted by molar-refractivity contribution is 6.32. The third-order valence-corrected chi connectivity index (χ3v) is 2.95. The van der Waals surface area contributed by atoms with Crippen LogP contribution in [0.25, 0.3) is 0 Å². The van der Waals surface area contributed by atoms with Gasteiger partial charge in [0.25, 0.3) is 0 Å². The summed E-state index contributed by atoms with van der Waals surface area (Å²) in [6.07, 6.45) is 0. The topological polar surface area (TPSA) is 21.3 Å². The molecule has 0 bridgehead atoms. The van der Waals surface area contributed by atoms with Gasteiger partial charge < -0.3 is 10.1 Å². The zero-order valence-corrected chi connectivity index (χ0v) is 11.0. The number of anilines is 1. The highest BCUT2D eigenvalue weighted by atomic mass is 35.5. The molecule has 2 aromatic carbocycles. The lowest BCUT2D eigenvalue weighted by Gasteiger charge is -2.12. The van der Waals surface area contributed by atoms with Gasteiger partial charge in [0.05, 0.1) is 5.02 Å². The van der Waals surface area contributed by atoms with E-state index in [1.807, 2.05) is 0 Å². The minimum atomic E-state index is -0.445. The molecule has 2 rings (SSSR count). The van der Waals surface area contributed by atoms with Gasteiger partial charge in [-0.1, -0.05) is 17.7 Å². The minimum absolute atomic E-state index is 0.00813. The normalized spacial score (nSPS) is 10.3. The van der Waals surface area contributed by atoms with E-state index in [1.165, 1.54) is 18.2 Å². The average molecular weight is 284 g/mol. The highest BCUT2D eigenvalue weighted by Gasteiger charge is 2.10. The van der Waals surface area contributed by atoms with Gasteiger partial charge in [0.1, 0.15) is 24.0 Å². The molecule has 1 N–H and O–H groups in total. The zero-order valence-electron chi connectivity index (χ0n) is 10.2. The van der Waals surface area contributed by atoms with Gasteiger partial charge in [-0.25, -0.2) is 8.78 Å². The van der Waals surface area contributed by atoms with Gasteiger partial charge in [0.2, 0.25) is 0 Å². The molecule has 0 aliphatic carbocycles. The van der Waals surface area contributed by atoms with E-state index in [4.69, 9.17) is 16.3 Å². The fourth-order valence-corrected chi connectivity index (χ4v) is 1.90. The number of hydrogen-bond donors (Lipinski definition) is 1. The maximum absolute atomic E-state index is 13.7. The minimum Gasteiger partial charge on any atom is -0.487 e. The summed E-state index contributed by atoms with van der Waals surface area (Å²) in [6, 6.07) is 8.51. The molecule has 0 saturated carbocycles. The van der Waals surface area contributed by atoms with Crippen molar-refractivity contribution >= 4 is 17.3 Å². The number of hydrogen-bond acceptors (Lipinski definition) is 2. The molecular formula is C14H12ClF2NO. The second-order valence-corrected chi connectivity index (χ2v) is 4.29. The van der Waals surface area contributed by atoms with Crippen molar-refractivity contribution in [3.8, 4) is 5.75 Å². The molecular weight excluding hydrogens is 272 g/mol. The highest BCUT2D eigenvalue weighted by Crippen LogP contribution is 2.27. The fourth-order valence-electron chi connectivity index (χ4n) is 1.68. The summed E-state index contributed by atoms with van der Waals surface area (Å²) in [5, 5.41) is 3.04. The molecule has 100 valence electrons. The Hall–Kier alpha value is -1.81. The van der Waals surface area contributed by atoms with Crippen LogP contribution in [-0.4, -0.2) is 7.05 Å². The summed E-state index contributed by atoms with van der Waals surface area (Å²) in [5.41, 5.74) is 1.03. The van der Waals surface area contributed by atoms with Gasteiger partial charge in [0, 0.05) is 18.3 Å².